The van der Waals surface area contributed by atoms with Crippen molar-refractivity contribution in [2.24, 2.45) is 0 Å². The minimum Gasteiger partial charge on any atom is -0.481 e. The van der Waals surface area contributed by atoms with Crippen LogP contribution in [0.15, 0.2) is 18.2 Å². The van der Waals surface area contributed by atoms with Gasteiger partial charge < -0.3 is 15.4 Å². The Bertz CT molecular complexity index is 328. The molecule has 0 saturated heterocycles. The quantitative estimate of drug-likeness (QED) is 0.698. The Labute approximate surface area is 88.9 Å². The number of nitrogens with one attached hydrogen (secondary N) is 2. The Balaban J connectivity index is 2.33. The highest BCUT2D eigenvalue weighted by Gasteiger charge is 1.96. The summed E-state index contributed by atoms with van der Waals surface area (Å²) in [4.78, 5) is 14.7. The van der Waals surface area contributed by atoms with Gasteiger partial charge >= 0.3 is 0 Å². The molecule has 0 aliphatic carbocycles. The zero-order valence-corrected chi connectivity index (χ0v) is 8.91. The highest BCUT2D eigenvalue weighted by Crippen LogP contribution is 2.09. The van der Waals surface area contributed by atoms with Gasteiger partial charge in [0.1, 0.15) is 5.82 Å². The normalized spacial score (nSPS) is 9.47. The molecule has 0 aliphatic rings. The number of aromatic nitrogens is 1. The van der Waals surface area contributed by atoms with E-state index in [0.717, 1.165) is 5.82 Å². The van der Waals surface area contributed by atoms with E-state index in [-0.39, 0.29) is 5.91 Å². The third kappa shape index (κ3) is 4.30. The second-order valence-electron chi connectivity index (χ2n) is 2.97. The Morgan fingerprint density at radius 2 is 2.27 bits per heavy atom. The van der Waals surface area contributed by atoms with E-state index in [4.69, 9.17) is 4.74 Å². The second kappa shape index (κ2) is 5.85. The maximum atomic E-state index is 10.6. The predicted octanol–water partition coefficient (Wildman–Crippen LogP) is 0.638. The van der Waals surface area contributed by atoms with Crippen LogP contribution in [0, 0.1) is 0 Å². The lowest BCUT2D eigenvalue weighted by molar-refractivity contribution is -0.118. The fourth-order valence-electron chi connectivity index (χ4n) is 1.06. The van der Waals surface area contributed by atoms with E-state index in [1.54, 1.807) is 13.2 Å². The summed E-state index contributed by atoms with van der Waals surface area (Å²) in [7, 11) is 1.57. The monoisotopic (exact) mass is 209 g/mol. The fraction of sp³-hybridized carbons (Fsp3) is 0.400. The van der Waals surface area contributed by atoms with Gasteiger partial charge in [0, 0.05) is 26.1 Å². The maximum absolute atomic E-state index is 10.6. The van der Waals surface area contributed by atoms with E-state index >= 15 is 0 Å². The van der Waals surface area contributed by atoms with E-state index in [0.29, 0.717) is 19.0 Å². The van der Waals surface area contributed by atoms with Gasteiger partial charge in [-0.05, 0) is 6.07 Å². The fourth-order valence-corrected chi connectivity index (χ4v) is 1.06. The molecule has 5 nitrogen and oxygen atoms in total. The van der Waals surface area contributed by atoms with E-state index in [1.165, 1.54) is 6.92 Å². The summed E-state index contributed by atoms with van der Waals surface area (Å²) in [6.45, 7) is 2.71. The molecule has 0 unspecified atom stereocenters. The number of rotatable bonds is 5. The van der Waals surface area contributed by atoms with Crippen LogP contribution in [0.4, 0.5) is 5.82 Å². The Kier molecular flexibility index (Phi) is 4.40. The lowest BCUT2D eigenvalue weighted by Gasteiger charge is -2.06. The van der Waals surface area contributed by atoms with Crippen molar-refractivity contribution >= 4 is 11.7 Å². The summed E-state index contributed by atoms with van der Waals surface area (Å²) in [5, 5.41) is 5.75. The molecule has 5 heteroatoms. The summed E-state index contributed by atoms with van der Waals surface area (Å²) in [6, 6.07) is 5.47. The van der Waals surface area contributed by atoms with Gasteiger partial charge in [-0.15, -0.1) is 0 Å². The molecule has 0 atom stereocenters. The van der Waals surface area contributed by atoms with Crippen molar-refractivity contribution in [2.45, 2.75) is 6.92 Å². The third-order valence-corrected chi connectivity index (χ3v) is 1.74. The van der Waals surface area contributed by atoms with E-state index in [2.05, 4.69) is 15.6 Å². The molecule has 1 aromatic heterocycles. The topological polar surface area (TPSA) is 63.2 Å². The van der Waals surface area contributed by atoms with Crippen LogP contribution < -0.4 is 15.4 Å². The smallest absolute Gasteiger partial charge is 0.216 e. The molecular weight excluding hydrogens is 194 g/mol. The first-order valence-corrected chi connectivity index (χ1v) is 4.71. The van der Waals surface area contributed by atoms with Crippen molar-refractivity contribution in [3.05, 3.63) is 18.2 Å². The molecule has 0 fully saturated rings. The van der Waals surface area contributed by atoms with Crippen molar-refractivity contribution in [2.75, 3.05) is 25.5 Å². The van der Waals surface area contributed by atoms with Crippen LogP contribution in [0.1, 0.15) is 6.92 Å². The highest BCUT2D eigenvalue weighted by molar-refractivity contribution is 5.72. The molecule has 15 heavy (non-hydrogen) atoms. The SMILES string of the molecule is COc1cccc(NCCNC(C)=O)n1. The van der Waals surface area contributed by atoms with Crippen LogP contribution in [0.5, 0.6) is 5.88 Å². The van der Waals surface area contributed by atoms with Crippen molar-refractivity contribution in [1.82, 2.24) is 10.3 Å². The minimum absolute atomic E-state index is 0.0320. The van der Waals surface area contributed by atoms with Crippen molar-refractivity contribution in [3.63, 3.8) is 0 Å². The Morgan fingerprint density at radius 3 is 2.93 bits per heavy atom. The molecule has 0 aromatic carbocycles. The number of hydrogen-bond acceptors (Lipinski definition) is 4. The van der Waals surface area contributed by atoms with Gasteiger partial charge in [0.05, 0.1) is 7.11 Å². The van der Waals surface area contributed by atoms with Crippen LogP contribution in [-0.4, -0.2) is 31.1 Å². The van der Waals surface area contributed by atoms with Gasteiger partial charge in [0.25, 0.3) is 0 Å². The van der Waals surface area contributed by atoms with Crippen molar-refractivity contribution < 1.29 is 9.53 Å². The number of anilines is 1. The Morgan fingerprint density at radius 1 is 1.47 bits per heavy atom. The predicted molar refractivity (Wildman–Crippen MR) is 58.0 cm³/mol. The highest BCUT2D eigenvalue weighted by atomic mass is 16.5. The zero-order chi connectivity index (χ0) is 11.1. The molecule has 0 saturated carbocycles. The molecule has 0 aliphatic heterocycles. The van der Waals surface area contributed by atoms with Crippen molar-refractivity contribution in [3.8, 4) is 5.88 Å². The number of pyridine rings is 1. The second-order valence-corrected chi connectivity index (χ2v) is 2.97. The summed E-state index contributed by atoms with van der Waals surface area (Å²) >= 11 is 0. The first kappa shape index (κ1) is 11.3. The number of nitrogens with zero attached hydrogens (tertiary/aromatic N) is 1. The average molecular weight is 209 g/mol. The Hall–Kier alpha value is -1.78. The van der Waals surface area contributed by atoms with Crippen LogP contribution in [0.3, 0.4) is 0 Å². The summed E-state index contributed by atoms with van der Waals surface area (Å²) < 4.78 is 4.98. The van der Waals surface area contributed by atoms with Gasteiger partial charge in [0.2, 0.25) is 11.8 Å². The maximum Gasteiger partial charge on any atom is 0.216 e. The van der Waals surface area contributed by atoms with Crippen LogP contribution in [0.2, 0.25) is 0 Å². The first-order chi connectivity index (χ1) is 7.22. The summed E-state index contributed by atoms with van der Waals surface area (Å²) in [6.07, 6.45) is 0. The molecule has 0 bridgehead atoms. The van der Waals surface area contributed by atoms with Gasteiger partial charge in [-0.3, -0.25) is 4.79 Å². The summed E-state index contributed by atoms with van der Waals surface area (Å²) in [5.74, 6) is 1.27. The molecule has 1 rings (SSSR count). The summed E-state index contributed by atoms with van der Waals surface area (Å²) in [5.41, 5.74) is 0. The molecule has 0 radical (unpaired) electrons. The molecule has 1 amide bonds. The van der Waals surface area contributed by atoms with Gasteiger partial charge in [-0.2, -0.15) is 4.98 Å². The number of methoxy groups -OCH3 is 1. The molecule has 0 spiro atoms. The average Bonchev–Trinajstić information content (AvgIpc) is 2.24. The number of carbonyl (C=O) groups excluding carboxylic acids is 1. The largest absolute Gasteiger partial charge is 0.481 e. The molecule has 1 aromatic rings. The molecular formula is C10H15N3O2. The minimum atomic E-state index is -0.0320. The van der Waals surface area contributed by atoms with Gasteiger partial charge in [-0.25, -0.2) is 0 Å². The number of hydrogen-bond donors (Lipinski definition) is 2. The van der Waals surface area contributed by atoms with E-state index in [1.807, 2.05) is 12.1 Å². The standard InChI is InChI=1S/C10H15N3O2/c1-8(14)11-6-7-12-9-4-3-5-10(13-9)15-2/h3-5H,6-7H2,1-2H3,(H,11,14)(H,12,13). The number of amides is 1. The van der Waals surface area contributed by atoms with Crippen LogP contribution in [0.25, 0.3) is 0 Å². The third-order valence-electron chi connectivity index (χ3n) is 1.74. The van der Waals surface area contributed by atoms with Gasteiger partial charge in [0.15, 0.2) is 0 Å². The number of carbonyl (C=O) groups is 1. The lowest BCUT2D eigenvalue weighted by Crippen LogP contribution is -2.26. The van der Waals surface area contributed by atoms with Gasteiger partial charge in [-0.1, -0.05) is 6.07 Å². The molecule has 2 N–H and O–H groups in total. The van der Waals surface area contributed by atoms with E-state index < -0.39 is 0 Å². The molecule has 82 valence electrons. The number of ether oxygens (including phenoxy) is 1. The first-order valence-electron chi connectivity index (χ1n) is 4.71. The van der Waals surface area contributed by atoms with Crippen LogP contribution in [-0.2, 0) is 4.79 Å². The molecule has 1 heterocycles. The zero-order valence-electron chi connectivity index (χ0n) is 8.91. The van der Waals surface area contributed by atoms with Crippen LogP contribution >= 0.6 is 0 Å². The lowest BCUT2D eigenvalue weighted by atomic mass is 10.4. The van der Waals surface area contributed by atoms with Crippen molar-refractivity contribution in [1.29, 1.82) is 0 Å². The van der Waals surface area contributed by atoms with E-state index in [9.17, 15) is 4.79 Å².